The molecule has 3 amide bonds. The average Bonchev–Trinajstić information content (AvgIpc) is 3.36. The highest BCUT2D eigenvalue weighted by Crippen LogP contribution is 2.44. The Morgan fingerprint density at radius 1 is 0.895 bits per heavy atom. The van der Waals surface area contributed by atoms with Crippen LogP contribution in [0.5, 0.6) is 5.75 Å². The van der Waals surface area contributed by atoms with Gasteiger partial charge < -0.3 is 10.1 Å². The normalized spacial score (nSPS) is 16.7. The van der Waals surface area contributed by atoms with Crippen LogP contribution in [0.4, 0.5) is 5.69 Å². The first-order chi connectivity index (χ1) is 18.5. The molecule has 1 fully saturated rings. The third-order valence-corrected chi connectivity index (χ3v) is 7.83. The summed E-state index contributed by atoms with van der Waals surface area (Å²) in [5, 5.41) is 2.89. The third-order valence-electron chi connectivity index (χ3n) is 6.38. The third kappa shape index (κ3) is 5.20. The Balaban J connectivity index is 1.33. The Labute approximate surface area is 230 Å². The number of carbonyl (C=O) groups is 3. The molecule has 0 bridgehead atoms. The number of thioether (sulfide) groups is 1. The Morgan fingerprint density at radius 2 is 1.61 bits per heavy atom. The molecule has 0 atom stereocenters. The van der Waals surface area contributed by atoms with Crippen molar-refractivity contribution in [2.45, 2.75) is 13.0 Å². The molecule has 0 aliphatic carbocycles. The average molecular weight is 544 g/mol. The van der Waals surface area contributed by atoms with Gasteiger partial charge in [-0.25, -0.2) is 0 Å². The second kappa shape index (κ2) is 11.2. The van der Waals surface area contributed by atoms with Crippen LogP contribution in [-0.4, -0.2) is 47.1 Å². The summed E-state index contributed by atoms with van der Waals surface area (Å²) in [5.41, 5.74) is 3.52. The minimum absolute atomic E-state index is 0.139. The molecule has 3 aromatic rings. The molecular weight excluding hydrogens is 518 g/mol. The lowest BCUT2D eigenvalue weighted by Crippen LogP contribution is -2.39. The summed E-state index contributed by atoms with van der Waals surface area (Å²) in [5.74, 6) is -0.242. The van der Waals surface area contributed by atoms with Crippen molar-refractivity contribution >= 4 is 57.3 Å². The molecule has 1 saturated heterocycles. The van der Waals surface area contributed by atoms with Crippen LogP contribution in [0.1, 0.15) is 16.7 Å². The van der Waals surface area contributed by atoms with E-state index in [2.05, 4.69) is 5.32 Å². The first-order valence-corrected chi connectivity index (χ1v) is 13.3. The Morgan fingerprint density at radius 3 is 2.34 bits per heavy atom. The van der Waals surface area contributed by atoms with Crippen molar-refractivity contribution < 1.29 is 19.1 Å². The van der Waals surface area contributed by atoms with E-state index in [0.29, 0.717) is 28.5 Å². The van der Waals surface area contributed by atoms with E-state index >= 15 is 0 Å². The molecule has 0 aromatic heterocycles. The van der Waals surface area contributed by atoms with E-state index < -0.39 is 0 Å². The lowest BCUT2D eigenvalue weighted by Gasteiger charge is -2.17. The van der Waals surface area contributed by atoms with Gasteiger partial charge >= 0.3 is 0 Å². The summed E-state index contributed by atoms with van der Waals surface area (Å²) in [6, 6.07) is 24.5. The Hall–Kier alpha value is -3.95. The van der Waals surface area contributed by atoms with Crippen LogP contribution in [0.25, 0.3) is 5.57 Å². The maximum Gasteiger partial charge on any atom is 0.267 e. The van der Waals surface area contributed by atoms with Gasteiger partial charge in [-0.3, -0.25) is 24.2 Å². The molecule has 7 nitrogen and oxygen atoms in total. The number of para-hydroxylation sites is 1. The van der Waals surface area contributed by atoms with Crippen molar-refractivity contribution in [3.63, 3.8) is 0 Å². The molecule has 0 saturated carbocycles. The zero-order chi connectivity index (χ0) is 26.6. The molecule has 0 spiro atoms. The van der Waals surface area contributed by atoms with Crippen molar-refractivity contribution in [3.05, 3.63) is 100 Å². The molecule has 2 heterocycles. The van der Waals surface area contributed by atoms with Gasteiger partial charge in [0.25, 0.3) is 11.8 Å². The molecule has 3 aromatic carbocycles. The number of hydrogen-bond donors (Lipinski definition) is 1. The topological polar surface area (TPSA) is 79.0 Å². The van der Waals surface area contributed by atoms with Gasteiger partial charge in [-0.15, -0.1) is 0 Å². The highest BCUT2D eigenvalue weighted by Gasteiger charge is 2.42. The fraction of sp³-hybridized carbons (Fsp3) is 0.172. The number of benzene rings is 3. The van der Waals surface area contributed by atoms with Crippen LogP contribution < -0.4 is 15.0 Å². The molecule has 0 radical (unpaired) electrons. The standard InChI is InChI=1S/C29H25N3O4S2/c1-36-21-13-11-20(12-14-21)17-32-28(35)26(38-29(32)37)25-22-9-5-6-10-23(22)31(27(25)34)18-24(33)30-16-15-19-7-3-2-4-8-19/h2-14H,15-18H2,1H3,(H,30,33). The number of amides is 3. The van der Waals surface area contributed by atoms with E-state index in [1.54, 1.807) is 19.2 Å². The van der Waals surface area contributed by atoms with Gasteiger partial charge in [-0.1, -0.05) is 84.6 Å². The summed E-state index contributed by atoms with van der Waals surface area (Å²) in [7, 11) is 1.59. The Kier molecular flexibility index (Phi) is 7.57. The van der Waals surface area contributed by atoms with Crippen molar-refractivity contribution in [2.24, 2.45) is 0 Å². The zero-order valence-corrected chi connectivity index (χ0v) is 22.3. The largest absolute Gasteiger partial charge is 0.497 e. The van der Waals surface area contributed by atoms with Crippen LogP contribution in [0.15, 0.2) is 83.8 Å². The van der Waals surface area contributed by atoms with Crippen molar-refractivity contribution in [2.75, 3.05) is 25.1 Å². The molecule has 192 valence electrons. The lowest BCUT2D eigenvalue weighted by atomic mass is 10.1. The summed E-state index contributed by atoms with van der Waals surface area (Å²) >= 11 is 6.64. The molecule has 1 N–H and O–H groups in total. The predicted molar refractivity (Wildman–Crippen MR) is 153 cm³/mol. The van der Waals surface area contributed by atoms with Crippen molar-refractivity contribution in [1.29, 1.82) is 0 Å². The van der Waals surface area contributed by atoms with Gasteiger partial charge in [0.15, 0.2) is 0 Å². The number of methoxy groups -OCH3 is 1. The minimum atomic E-state index is -0.380. The number of nitrogens with zero attached hydrogens (tertiary/aromatic N) is 2. The Bertz CT molecular complexity index is 1440. The van der Waals surface area contributed by atoms with Gasteiger partial charge in [-0.2, -0.15) is 0 Å². The van der Waals surface area contributed by atoms with E-state index in [1.807, 2.05) is 66.7 Å². The first-order valence-electron chi connectivity index (χ1n) is 12.1. The van der Waals surface area contributed by atoms with Gasteiger partial charge in [0.2, 0.25) is 5.91 Å². The number of thiocarbonyl (C=S) groups is 1. The minimum Gasteiger partial charge on any atom is -0.497 e. The lowest BCUT2D eigenvalue weighted by molar-refractivity contribution is -0.122. The van der Waals surface area contributed by atoms with Crippen molar-refractivity contribution in [3.8, 4) is 5.75 Å². The molecule has 0 unspecified atom stereocenters. The van der Waals surface area contributed by atoms with Crippen LogP contribution in [-0.2, 0) is 27.3 Å². The fourth-order valence-corrected chi connectivity index (χ4v) is 5.77. The molecule has 2 aliphatic rings. The highest BCUT2D eigenvalue weighted by molar-refractivity contribution is 8.26. The van der Waals surface area contributed by atoms with E-state index in [-0.39, 0.29) is 41.3 Å². The molecule has 5 rings (SSSR count). The van der Waals surface area contributed by atoms with Crippen LogP contribution in [0, 0.1) is 0 Å². The van der Waals surface area contributed by atoms with E-state index in [1.165, 1.54) is 9.80 Å². The van der Waals surface area contributed by atoms with Gasteiger partial charge in [0, 0.05) is 12.1 Å². The van der Waals surface area contributed by atoms with Crippen LogP contribution >= 0.6 is 24.0 Å². The van der Waals surface area contributed by atoms with Gasteiger partial charge in [0.1, 0.15) is 16.6 Å². The predicted octanol–water partition coefficient (Wildman–Crippen LogP) is 4.17. The maximum absolute atomic E-state index is 13.6. The number of hydrogen-bond acceptors (Lipinski definition) is 6. The number of rotatable bonds is 8. The maximum atomic E-state index is 13.6. The zero-order valence-electron chi connectivity index (χ0n) is 20.7. The van der Waals surface area contributed by atoms with Gasteiger partial charge in [0.05, 0.1) is 29.8 Å². The SMILES string of the molecule is COc1ccc(CN2C(=O)C(=C3C(=O)N(CC(=O)NCCc4ccccc4)c4ccccc43)SC2=S)cc1. The smallest absolute Gasteiger partial charge is 0.267 e. The number of carbonyl (C=O) groups excluding carboxylic acids is 3. The summed E-state index contributed by atoms with van der Waals surface area (Å²) in [6.45, 7) is 0.610. The summed E-state index contributed by atoms with van der Waals surface area (Å²) < 4.78 is 5.59. The molecule has 38 heavy (non-hydrogen) atoms. The number of nitrogens with one attached hydrogen (secondary N) is 1. The molecular formula is C29H25N3O4S2. The monoisotopic (exact) mass is 543 g/mol. The second-order valence-electron chi connectivity index (χ2n) is 8.81. The molecule has 2 aliphatic heterocycles. The number of ether oxygens (including phenoxy) is 1. The second-order valence-corrected chi connectivity index (χ2v) is 10.4. The highest BCUT2D eigenvalue weighted by atomic mass is 32.2. The molecule has 9 heteroatoms. The van der Waals surface area contributed by atoms with Crippen molar-refractivity contribution in [1.82, 2.24) is 10.2 Å². The van der Waals surface area contributed by atoms with E-state index in [9.17, 15) is 14.4 Å². The number of fused-ring (bicyclic) bond motifs is 1. The van der Waals surface area contributed by atoms with E-state index in [0.717, 1.165) is 28.6 Å². The van der Waals surface area contributed by atoms with E-state index in [4.69, 9.17) is 17.0 Å². The van der Waals surface area contributed by atoms with Crippen LogP contribution in [0.3, 0.4) is 0 Å². The number of anilines is 1. The summed E-state index contributed by atoms with van der Waals surface area (Å²) in [6.07, 6.45) is 0.693. The fourth-order valence-electron chi connectivity index (χ4n) is 4.45. The first kappa shape index (κ1) is 25.7. The van der Waals surface area contributed by atoms with Crippen LogP contribution in [0.2, 0.25) is 0 Å². The summed E-state index contributed by atoms with van der Waals surface area (Å²) in [4.78, 5) is 43.1. The quantitative estimate of drug-likeness (QED) is 0.339. The van der Waals surface area contributed by atoms with Gasteiger partial charge in [-0.05, 0) is 35.7 Å².